The predicted octanol–water partition coefficient (Wildman–Crippen LogP) is 4.08. The van der Waals surface area contributed by atoms with Crippen LogP contribution in [-0.2, 0) is 44.0 Å². The SMILES string of the molecule is C1CCOC1.CCOCOC(CF)(CF)c1cc(C)ccc1Br.COB(OC)OC.Cc1ccc2c(c1)C(CF)(CF)OB2O.[CH2-]CCC.[Li+]. The Morgan fingerprint density at radius 2 is 1.46 bits per heavy atom. The van der Waals surface area contributed by atoms with Crippen molar-refractivity contribution < 1.29 is 74.3 Å². The van der Waals surface area contributed by atoms with Crippen LogP contribution in [-0.4, -0.2) is 94.1 Å². The number of alkyl halides is 4. The fraction of sp³-hybridized carbons (Fsp3) is 0.618. The first-order valence-corrected chi connectivity index (χ1v) is 16.9. The Morgan fingerprint density at radius 3 is 1.86 bits per heavy atom. The standard InChI is InChI=1S/C13H17BrF2O2.C10H11BF2O2.C4H8O.C4H9.C3H9BO3.Li/c1-3-17-9-18-13(7-15,8-16)11-6-10(2)4-5-12(11)14;1-7-2-3-9-8(4-7)10(5-12,6-13)15-11(9)14;1-2-4-5-3-1;1-3-4-2;1-5-4(6-2)7-3;/h4-6H,3,7-9H2,1-2H3;2-4,14H,5-6H2,1H3;1-4H2;1,3-4H2,2H3;1-3H3;/q;;;-1;;+1. The molecule has 8 nitrogen and oxygen atoms in total. The summed E-state index contributed by atoms with van der Waals surface area (Å²) in [5.41, 5.74) is -0.0684. The predicted molar refractivity (Wildman–Crippen MR) is 191 cm³/mol. The molecular weight excluding hydrogens is 721 g/mol. The number of benzene rings is 2. The van der Waals surface area contributed by atoms with Crippen molar-refractivity contribution in [1.29, 1.82) is 0 Å². The minimum absolute atomic E-state index is 0. The van der Waals surface area contributed by atoms with E-state index in [4.69, 9.17) is 18.9 Å². The molecule has 0 atom stereocenters. The minimum Gasteiger partial charge on any atom is -0.423 e. The van der Waals surface area contributed by atoms with E-state index in [1.54, 1.807) is 37.3 Å². The van der Waals surface area contributed by atoms with Gasteiger partial charge >= 0.3 is 33.3 Å². The molecule has 0 unspecified atom stereocenters. The van der Waals surface area contributed by atoms with Crippen molar-refractivity contribution >= 4 is 35.8 Å². The molecular formula is C34H54B2BrF4LiO8. The van der Waals surface area contributed by atoms with Gasteiger partial charge in [-0.1, -0.05) is 70.7 Å². The second kappa shape index (κ2) is 29.5. The number of hydrogen-bond donors (Lipinski definition) is 1. The van der Waals surface area contributed by atoms with Crippen LogP contribution >= 0.6 is 15.9 Å². The van der Waals surface area contributed by atoms with E-state index < -0.39 is 52.3 Å². The molecule has 0 aromatic heterocycles. The maximum atomic E-state index is 13.3. The quantitative estimate of drug-likeness (QED) is 0.107. The molecule has 1 saturated heterocycles. The Labute approximate surface area is 318 Å². The third-order valence-corrected chi connectivity index (χ3v) is 7.85. The number of ether oxygens (including phenoxy) is 3. The Hall–Kier alpha value is -0.953. The first-order chi connectivity index (χ1) is 23.5. The topological polar surface area (TPSA) is 84.8 Å². The smallest absolute Gasteiger partial charge is 0.423 e. The molecule has 0 saturated carbocycles. The summed E-state index contributed by atoms with van der Waals surface area (Å²) >= 11 is 3.30. The first-order valence-electron chi connectivity index (χ1n) is 16.1. The van der Waals surface area contributed by atoms with Crippen molar-refractivity contribution in [2.45, 2.75) is 64.6 Å². The molecule has 16 heteroatoms. The van der Waals surface area contributed by atoms with Gasteiger partial charge in [-0.25, -0.2) is 17.6 Å². The molecule has 0 spiro atoms. The van der Waals surface area contributed by atoms with Gasteiger partial charge in [-0.3, -0.25) is 0 Å². The van der Waals surface area contributed by atoms with E-state index in [0.717, 1.165) is 30.8 Å². The number of hydrogen-bond acceptors (Lipinski definition) is 8. The van der Waals surface area contributed by atoms with Crippen LogP contribution in [0.5, 0.6) is 0 Å². The zero-order valence-electron chi connectivity index (χ0n) is 31.0. The third-order valence-electron chi connectivity index (χ3n) is 7.16. The largest absolute Gasteiger partial charge is 1.00 e. The Balaban J connectivity index is 0. The summed E-state index contributed by atoms with van der Waals surface area (Å²) in [5, 5.41) is 9.51. The Morgan fingerprint density at radius 1 is 0.940 bits per heavy atom. The van der Waals surface area contributed by atoms with Crippen molar-refractivity contribution in [2.24, 2.45) is 0 Å². The van der Waals surface area contributed by atoms with Gasteiger partial charge in [0.2, 0.25) is 0 Å². The molecule has 0 aliphatic carbocycles. The maximum Gasteiger partial charge on any atom is 1.00 e. The molecule has 2 aliphatic rings. The number of unbranched alkanes of at least 4 members (excludes halogenated alkanes) is 1. The molecule has 0 bridgehead atoms. The average molecular weight is 775 g/mol. The van der Waals surface area contributed by atoms with Gasteiger partial charge in [0, 0.05) is 51.2 Å². The van der Waals surface area contributed by atoms with E-state index in [9.17, 15) is 22.6 Å². The average Bonchev–Trinajstić information content (AvgIpc) is 3.80. The van der Waals surface area contributed by atoms with Crippen LogP contribution in [0.1, 0.15) is 61.8 Å². The molecule has 280 valence electrons. The molecule has 2 aromatic carbocycles. The minimum atomic E-state index is -1.61. The monoisotopic (exact) mass is 774 g/mol. The van der Waals surface area contributed by atoms with Crippen LogP contribution in [0, 0.1) is 20.8 Å². The molecule has 2 aliphatic heterocycles. The van der Waals surface area contributed by atoms with Crippen LogP contribution in [0.4, 0.5) is 17.6 Å². The molecule has 50 heavy (non-hydrogen) atoms. The van der Waals surface area contributed by atoms with Crippen LogP contribution in [0.25, 0.3) is 0 Å². The first kappa shape index (κ1) is 51.2. The fourth-order valence-corrected chi connectivity index (χ4v) is 4.83. The summed E-state index contributed by atoms with van der Waals surface area (Å²) in [6.07, 6.45) is 4.83. The van der Waals surface area contributed by atoms with E-state index in [1.807, 2.05) is 19.9 Å². The van der Waals surface area contributed by atoms with Crippen molar-refractivity contribution in [1.82, 2.24) is 0 Å². The number of halogens is 5. The van der Waals surface area contributed by atoms with Crippen molar-refractivity contribution in [3.8, 4) is 0 Å². The molecule has 1 fully saturated rings. The van der Waals surface area contributed by atoms with Gasteiger partial charge in [0.15, 0.2) is 5.60 Å². The molecule has 0 radical (unpaired) electrons. The molecule has 1 N–H and O–H groups in total. The molecule has 4 rings (SSSR count). The zero-order valence-corrected chi connectivity index (χ0v) is 32.6. The Bertz CT molecular complexity index is 1120. The summed E-state index contributed by atoms with van der Waals surface area (Å²) in [7, 11) is 2.79. The van der Waals surface area contributed by atoms with Crippen molar-refractivity contribution in [2.75, 3.05) is 74.6 Å². The summed E-state index contributed by atoms with van der Waals surface area (Å²) < 4.78 is 87.0. The summed E-state index contributed by atoms with van der Waals surface area (Å²) in [6.45, 7) is 9.66. The zero-order chi connectivity index (χ0) is 37.3. The van der Waals surface area contributed by atoms with Crippen molar-refractivity contribution in [3.05, 3.63) is 70.0 Å². The van der Waals surface area contributed by atoms with Gasteiger partial charge in [0.1, 0.15) is 39.1 Å². The van der Waals surface area contributed by atoms with Crippen LogP contribution in [0.15, 0.2) is 40.9 Å². The molecule has 0 amide bonds. The summed E-state index contributed by atoms with van der Waals surface area (Å²) in [6, 6.07) is 10.4. The van der Waals surface area contributed by atoms with Crippen molar-refractivity contribution in [3.63, 3.8) is 0 Å². The Kier molecular flexibility index (Phi) is 30.2. The van der Waals surface area contributed by atoms with Gasteiger partial charge < -0.3 is 44.8 Å². The molecule has 2 heterocycles. The number of aryl methyl sites for hydroxylation is 2. The second-order valence-corrected chi connectivity index (χ2v) is 11.8. The van der Waals surface area contributed by atoms with E-state index >= 15 is 0 Å². The van der Waals surface area contributed by atoms with Crippen LogP contribution in [0.3, 0.4) is 0 Å². The number of rotatable bonds is 13. The van der Waals surface area contributed by atoms with Crippen LogP contribution in [0.2, 0.25) is 0 Å². The normalized spacial score (nSPS) is 13.9. The number of fused-ring (bicyclic) bond motifs is 1. The van der Waals surface area contributed by atoms with Gasteiger partial charge in [-0.05, 0) is 50.7 Å². The third kappa shape index (κ3) is 17.2. The van der Waals surface area contributed by atoms with E-state index in [-0.39, 0.29) is 25.7 Å². The summed E-state index contributed by atoms with van der Waals surface area (Å²) in [4.78, 5) is 0. The van der Waals surface area contributed by atoms with Gasteiger partial charge in [-0.15, -0.1) is 0 Å². The second-order valence-electron chi connectivity index (χ2n) is 11.0. The van der Waals surface area contributed by atoms with E-state index in [0.29, 0.717) is 27.7 Å². The van der Waals surface area contributed by atoms with E-state index in [1.165, 1.54) is 40.6 Å². The summed E-state index contributed by atoms with van der Waals surface area (Å²) in [5.74, 6) is 0. The van der Waals surface area contributed by atoms with E-state index in [2.05, 4.69) is 43.7 Å². The van der Waals surface area contributed by atoms with Crippen LogP contribution < -0.4 is 24.3 Å². The fourth-order valence-electron chi connectivity index (χ4n) is 4.22. The van der Waals surface area contributed by atoms with Gasteiger partial charge in [-0.2, -0.15) is 6.42 Å². The maximum absolute atomic E-state index is 13.3. The van der Waals surface area contributed by atoms with Gasteiger partial charge in [0.05, 0.1) is 0 Å². The molecule has 2 aromatic rings. The van der Waals surface area contributed by atoms with Gasteiger partial charge in [0.25, 0.3) is 0 Å².